The van der Waals surface area contributed by atoms with Crippen LogP contribution in [0.1, 0.15) is 30.9 Å². The number of hydrogen-bond donors (Lipinski definition) is 1. The van der Waals surface area contributed by atoms with Crippen molar-refractivity contribution in [2.75, 3.05) is 13.1 Å². The average Bonchev–Trinajstić information content (AvgIpc) is 2.72. The second kappa shape index (κ2) is 9.73. The monoisotopic (exact) mass is 444 g/mol. The van der Waals surface area contributed by atoms with Crippen LogP contribution in [0.5, 0.6) is 5.75 Å². The van der Waals surface area contributed by atoms with Crippen molar-refractivity contribution in [2.45, 2.75) is 38.8 Å². The van der Waals surface area contributed by atoms with E-state index in [1.54, 1.807) is 6.92 Å². The van der Waals surface area contributed by atoms with Crippen LogP contribution in [0.15, 0.2) is 53.0 Å². The Kier molecular flexibility index (Phi) is 7.09. The van der Waals surface area contributed by atoms with E-state index in [9.17, 15) is 9.59 Å². The number of nitrogens with zero attached hydrogens (tertiary/aromatic N) is 1. The number of carbonyl (C=O) groups excluding carboxylic acids is 2. The number of amides is 2. The van der Waals surface area contributed by atoms with Crippen molar-refractivity contribution in [2.24, 2.45) is 0 Å². The van der Waals surface area contributed by atoms with Crippen molar-refractivity contribution in [3.8, 4) is 5.75 Å². The lowest BCUT2D eigenvalue weighted by Gasteiger charge is -2.29. The Bertz CT molecular complexity index is 840. The van der Waals surface area contributed by atoms with Gasteiger partial charge < -0.3 is 15.0 Å². The molecule has 2 aromatic rings. The molecular formula is C22H25BrN2O3. The van der Waals surface area contributed by atoms with E-state index in [0.29, 0.717) is 31.7 Å². The number of ether oxygens (including phenoxy) is 1. The lowest BCUT2D eigenvalue weighted by molar-refractivity contribution is -0.132. The lowest BCUT2D eigenvalue weighted by atomic mass is 9.99. The number of nitrogens with one attached hydrogen (secondary N) is 1. The zero-order valence-electron chi connectivity index (χ0n) is 16.0. The molecule has 0 spiro atoms. The van der Waals surface area contributed by atoms with E-state index in [1.807, 2.05) is 41.3 Å². The van der Waals surface area contributed by atoms with Gasteiger partial charge >= 0.3 is 0 Å². The van der Waals surface area contributed by atoms with Crippen LogP contribution in [0.2, 0.25) is 0 Å². The molecule has 5 nitrogen and oxygen atoms in total. The molecule has 1 unspecified atom stereocenters. The number of rotatable bonds is 7. The summed E-state index contributed by atoms with van der Waals surface area (Å²) in [6, 6.07) is 15.7. The molecule has 0 radical (unpaired) electrons. The van der Waals surface area contributed by atoms with Gasteiger partial charge in [-0.25, -0.2) is 0 Å². The minimum atomic E-state index is -0.604. The van der Waals surface area contributed by atoms with E-state index in [2.05, 4.69) is 33.4 Å². The number of fused-ring (bicyclic) bond motifs is 1. The summed E-state index contributed by atoms with van der Waals surface area (Å²) >= 11 is 3.40. The second-order valence-corrected chi connectivity index (χ2v) is 7.77. The van der Waals surface area contributed by atoms with Gasteiger partial charge in [-0.15, -0.1) is 0 Å². The first-order valence-corrected chi connectivity index (χ1v) is 10.4. The molecule has 0 saturated heterocycles. The quantitative estimate of drug-likeness (QED) is 0.662. The number of halogens is 1. The third-order valence-corrected chi connectivity index (χ3v) is 5.51. The van der Waals surface area contributed by atoms with Crippen molar-refractivity contribution < 1.29 is 14.3 Å². The Labute approximate surface area is 174 Å². The molecule has 0 aliphatic carbocycles. The topological polar surface area (TPSA) is 58.6 Å². The van der Waals surface area contributed by atoms with Crippen LogP contribution < -0.4 is 10.1 Å². The van der Waals surface area contributed by atoms with Gasteiger partial charge in [-0.05, 0) is 59.0 Å². The van der Waals surface area contributed by atoms with Crippen LogP contribution >= 0.6 is 15.9 Å². The van der Waals surface area contributed by atoms with E-state index >= 15 is 0 Å². The van der Waals surface area contributed by atoms with Gasteiger partial charge in [0, 0.05) is 26.1 Å². The fourth-order valence-corrected chi connectivity index (χ4v) is 3.62. The summed E-state index contributed by atoms with van der Waals surface area (Å²) < 4.78 is 6.49. The van der Waals surface area contributed by atoms with Crippen LogP contribution in [-0.2, 0) is 22.6 Å². The smallest absolute Gasteiger partial charge is 0.260 e. The first-order chi connectivity index (χ1) is 13.5. The van der Waals surface area contributed by atoms with E-state index in [1.165, 1.54) is 11.1 Å². The Morgan fingerprint density at radius 3 is 2.64 bits per heavy atom. The summed E-state index contributed by atoms with van der Waals surface area (Å²) in [4.78, 5) is 26.5. The van der Waals surface area contributed by atoms with Gasteiger partial charge in [0.05, 0.1) is 4.47 Å². The number of carbonyl (C=O) groups is 2. The highest BCUT2D eigenvalue weighted by Gasteiger charge is 2.20. The highest BCUT2D eigenvalue weighted by molar-refractivity contribution is 9.10. The fraction of sp³-hybridized carbons (Fsp3) is 0.364. The summed E-state index contributed by atoms with van der Waals surface area (Å²) in [6.45, 7) is 3.61. The fourth-order valence-electron chi connectivity index (χ4n) is 3.25. The first-order valence-electron chi connectivity index (χ1n) is 9.58. The molecule has 1 N–H and O–H groups in total. The molecule has 1 heterocycles. The summed E-state index contributed by atoms with van der Waals surface area (Å²) in [5.41, 5.74) is 2.56. The zero-order chi connectivity index (χ0) is 19.9. The third kappa shape index (κ3) is 5.35. The zero-order valence-corrected chi connectivity index (χ0v) is 17.6. The van der Waals surface area contributed by atoms with Gasteiger partial charge in [-0.3, -0.25) is 9.59 Å². The van der Waals surface area contributed by atoms with Crippen molar-refractivity contribution in [1.82, 2.24) is 10.2 Å². The van der Waals surface area contributed by atoms with Crippen molar-refractivity contribution >= 4 is 27.7 Å². The van der Waals surface area contributed by atoms with Crippen molar-refractivity contribution in [3.05, 3.63) is 64.1 Å². The molecule has 0 bridgehead atoms. The maximum Gasteiger partial charge on any atom is 0.260 e. The molecule has 0 fully saturated rings. The third-order valence-electron chi connectivity index (χ3n) is 4.86. The molecule has 2 amide bonds. The van der Waals surface area contributed by atoms with Gasteiger partial charge in [-0.1, -0.05) is 36.4 Å². The van der Waals surface area contributed by atoms with Gasteiger partial charge in [0.1, 0.15) is 5.75 Å². The molecule has 1 atom stereocenters. The first kappa shape index (κ1) is 20.4. The molecule has 28 heavy (non-hydrogen) atoms. The number of benzene rings is 2. The minimum absolute atomic E-state index is 0.140. The highest BCUT2D eigenvalue weighted by atomic mass is 79.9. The van der Waals surface area contributed by atoms with E-state index in [-0.39, 0.29) is 11.8 Å². The highest BCUT2D eigenvalue weighted by Crippen LogP contribution is 2.24. The van der Waals surface area contributed by atoms with Crippen molar-refractivity contribution in [3.63, 3.8) is 0 Å². The predicted octanol–water partition coefficient (Wildman–Crippen LogP) is 3.70. The van der Waals surface area contributed by atoms with Crippen molar-refractivity contribution in [1.29, 1.82) is 0 Å². The Morgan fingerprint density at radius 2 is 1.86 bits per heavy atom. The van der Waals surface area contributed by atoms with Crippen LogP contribution in [0.25, 0.3) is 0 Å². The molecule has 1 aliphatic heterocycles. The minimum Gasteiger partial charge on any atom is -0.480 e. The lowest BCUT2D eigenvalue weighted by Crippen LogP contribution is -2.38. The molecule has 2 aromatic carbocycles. The summed E-state index contributed by atoms with van der Waals surface area (Å²) in [6.07, 6.45) is 1.35. The van der Waals surface area contributed by atoms with Gasteiger partial charge in [0.25, 0.3) is 5.91 Å². The Hall–Kier alpha value is -2.34. The molecule has 3 rings (SSSR count). The summed E-state index contributed by atoms with van der Waals surface area (Å²) in [5, 5.41) is 2.85. The predicted molar refractivity (Wildman–Crippen MR) is 112 cm³/mol. The molecule has 148 valence electrons. The summed E-state index contributed by atoms with van der Waals surface area (Å²) in [5.74, 6) is 0.585. The van der Waals surface area contributed by atoms with Crippen LogP contribution in [0.4, 0.5) is 0 Å². The SMILES string of the molecule is CC(Oc1ccccc1Br)C(=O)NCCCC(=O)N1CCc2ccccc2C1. The molecule has 6 heteroatoms. The van der Waals surface area contributed by atoms with Gasteiger partial charge in [-0.2, -0.15) is 0 Å². The standard InChI is InChI=1S/C22H25BrN2O3/c1-16(28-20-10-5-4-9-19(20)23)22(27)24-13-6-11-21(26)25-14-12-17-7-2-3-8-18(17)15-25/h2-5,7-10,16H,6,11-15H2,1H3,(H,24,27). The largest absolute Gasteiger partial charge is 0.480 e. The van der Waals surface area contributed by atoms with E-state index < -0.39 is 6.10 Å². The van der Waals surface area contributed by atoms with Crippen LogP contribution in [0.3, 0.4) is 0 Å². The Morgan fingerprint density at radius 1 is 1.14 bits per heavy atom. The van der Waals surface area contributed by atoms with Crippen LogP contribution in [-0.4, -0.2) is 35.9 Å². The maximum absolute atomic E-state index is 12.4. The van der Waals surface area contributed by atoms with E-state index in [0.717, 1.165) is 17.4 Å². The van der Waals surface area contributed by atoms with Gasteiger partial charge in [0.15, 0.2) is 6.10 Å². The number of para-hydroxylation sites is 1. The molecular weight excluding hydrogens is 420 g/mol. The van der Waals surface area contributed by atoms with E-state index in [4.69, 9.17) is 4.74 Å². The molecule has 0 aromatic heterocycles. The average molecular weight is 445 g/mol. The van der Waals surface area contributed by atoms with Gasteiger partial charge in [0.2, 0.25) is 5.91 Å². The molecule has 1 aliphatic rings. The Balaban J connectivity index is 1.38. The van der Waals surface area contributed by atoms with Crippen LogP contribution in [0, 0.1) is 0 Å². The molecule has 0 saturated carbocycles. The summed E-state index contributed by atoms with van der Waals surface area (Å²) in [7, 11) is 0. The maximum atomic E-state index is 12.4. The normalized spacial score (nSPS) is 14.1. The number of hydrogen-bond acceptors (Lipinski definition) is 3. The second-order valence-electron chi connectivity index (χ2n) is 6.92.